The average molecular weight is 437 g/mol. The minimum atomic E-state index is -2.73. The van der Waals surface area contributed by atoms with Gasteiger partial charge in [-0.3, -0.25) is 9.59 Å². The summed E-state index contributed by atoms with van der Waals surface area (Å²) in [5.74, 6) is -2.92. The van der Waals surface area contributed by atoms with Crippen LogP contribution in [-0.2, 0) is 0 Å². The molecule has 158 valence electrons. The summed E-state index contributed by atoms with van der Waals surface area (Å²) in [4.78, 5) is 30.9. The van der Waals surface area contributed by atoms with Crippen molar-refractivity contribution in [3.05, 3.63) is 50.9 Å². The van der Waals surface area contributed by atoms with Crippen LogP contribution in [0.15, 0.2) is 33.6 Å². The van der Waals surface area contributed by atoms with E-state index in [1.165, 1.54) is 12.1 Å². The molecule has 0 atom stereocenters. The van der Waals surface area contributed by atoms with Gasteiger partial charge in [0.1, 0.15) is 5.82 Å². The number of hydrogen-bond acceptors (Lipinski definition) is 5. The first-order chi connectivity index (χ1) is 14.2. The zero-order chi connectivity index (χ0) is 21.5. The predicted octanol–water partition coefficient (Wildman–Crippen LogP) is 4.36. The minimum Gasteiger partial charge on any atom is -0.378 e. The Hall–Kier alpha value is -2.94. The normalized spacial score (nSPS) is 16.5. The molecule has 3 heterocycles. The number of hydrogen-bond donors (Lipinski definition) is 2. The number of anilines is 2. The summed E-state index contributed by atoms with van der Waals surface area (Å²) in [6.45, 7) is 2.14. The van der Waals surface area contributed by atoms with Crippen LogP contribution in [-0.4, -0.2) is 35.1 Å². The molecule has 30 heavy (non-hydrogen) atoms. The van der Waals surface area contributed by atoms with E-state index < -0.39 is 17.4 Å². The zero-order valence-electron chi connectivity index (χ0n) is 16.1. The number of H-pyrrole nitrogens is 1. The number of benzene rings is 1. The van der Waals surface area contributed by atoms with E-state index in [0.29, 0.717) is 39.7 Å². The lowest BCUT2D eigenvalue weighted by Gasteiger charge is -2.24. The number of alkyl halides is 2. The average Bonchev–Trinajstić information content (AvgIpc) is 2.96. The number of rotatable bonds is 3. The number of aromatic amines is 1. The quantitative estimate of drug-likeness (QED) is 0.636. The Morgan fingerprint density at radius 3 is 2.90 bits per heavy atom. The van der Waals surface area contributed by atoms with Crippen molar-refractivity contribution in [2.24, 2.45) is 0 Å². The molecule has 0 bridgehead atoms. The molecular formula is C20H19ClF2N4O3. The highest BCUT2D eigenvalue weighted by Crippen LogP contribution is 2.32. The third kappa shape index (κ3) is 4.02. The molecule has 2 N–H and O–H groups in total. The molecular weight excluding hydrogens is 418 g/mol. The van der Waals surface area contributed by atoms with E-state index in [1.54, 1.807) is 24.0 Å². The highest BCUT2D eigenvalue weighted by atomic mass is 35.5. The Labute approximate surface area is 175 Å². The van der Waals surface area contributed by atoms with Gasteiger partial charge in [-0.25, -0.2) is 13.8 Å². The van der Waals surface area contributed by atoms with Gasteiger partial charge < -0.3 is 14.7 Å². The standard InChI is InChI=1S/C20H19ClF2N4O3/c1-11-15(21)10-14(17(24-11)27-7-2-5-20(22,23)6-8-27)18(28)25-12-3-4-16-13(9-12)19(29)26-30-16/h3-4,9-10H,2,5-8H2,1H3,(H,25,28)(H,26,29). The summed E-state index contributed by atoms with van der Waals surface area (Å²) in [7, 11) is 0. The second kappa shape index (κ2) is 7.71. The van der Waals surface area contributed by atoms with E-state index in [1.807, 2.05) is 0 Å². The lowest BCUT2D eigenvalue weighted by molar-refractivity contribution is -0.0102. The molecule has 3 aromatic rings. The number of pyridine rings is 1. The maximum Gasteiger partial charge on any atom is 0.287 e. The molecule has 1 fully saturated rings. The number of amides is 1. The van der Waals surface area contributed by atoms with Crippen LogP contribution >= 0.6 is 11.6 Å². The van der Waals surface area contributed by atoms with E-state index in [9.17, 15) is 18.4 Å². The van der Waals surface area contributed by atoms with E-state index in [0.717, 1.165) is 0 Å². The Bertz CT molecular complexity index is 1170. The van der Waals surface area contributed by atoms with Crippen molar-refractivity contribution in [1.29, 1.82) is 0 Å². The monoisotopic (exact) mass is 436 g/mol. The minimum absolute atomic E-state index is 0.0811. The lowest BCUT2D eigenvalue weighted by Crippen LogP contribution is -2.29. The summed E-state index contributed by atoms with van der Waals surface area (Å²) in [6.07, 6.45) is -0.217. The van der Waals surface area contributed by atoms with Gasteiger partial charge in [-0.05, 0) is 37.6 Å². The number of fused-ring (bicyclic) bond motifs is 1. The molecule has 1 aliphatic rings. The first kappa shape index (κ1) is 20.3. The van der Waals surface area contributed by atoms with Crippen molar-refractivity contribution in [2.75, 3.05) is 23.3 Å². The van der Waals surface area contributed by atoms with Gasteiger partial charge in [0.05, 0.1) is 21.7 Å². The zero-order valence-corrected chi connectivity index (χ0v) is 16.9. The largest absolute Gasteiger partial charge is 0.378 e. The molecule has 1 saturated heterocycles. The number of halogens is 3. The van der Waals surface area contributed by atoms with Gasteiger partial charge in [0.15, 0.2) is 5.58 Å². The van der Waals surface area contributed by atoms with Crippen molar-refractivity contribution < 1.29 is 18.1 Å². The van der Waals surface area contributed by atoms with Crippen LogP contribution in [0.1, 0.15) is 35.3 Å². The van der Waals surface area contributed by atoms with Crippen LogP contribution < -0.4 is 15.8 Å². The fourth-order valence-electron chi connectivity index (χ4n) is 3.48. The molecule has 1 amide bonds. The van der Waals surface area contributed by atoms with Gasteiger partial charge in [-0.1, -0.05) is 11.6 Å². The highest BCUT2D eigenvalue weighted by Gasteiger charge is 2.33. The van der Waals surface area contributed by atoms with Gasteiger partial charge in [0, 0.05) is 31.6 Å². The number of nitrogens with one attached hydrogen (secondary N) is 2. The van der Waals surface area contributed by atoms with E-state index in [-0.39, 0.29) is 31.4 Å². The summed E-state index contributed by atoms with van der Waals surface area (Å²) in [6, 6.07) is 6.12. The molecule has 0 unspecified atom stereocenters. The molecule has 1 aliphatic heterocycles. The van der Waals surface area contributed by atoms with Crippen LogP contribution in [0.25, 0.3) is 11.0 Å². The highest BCUT2D eigenvalue weighted by molar-refractivity contribution is 6.31. The van der Waals surface area contributed by atoms with E-state index in [2.05, 4.69) is 15.5 Å². The number of aryl methyl sites for hydroxylation is 1. The summed E-state index contributed by atoms with van der Waals surface area (Å²) in [5, 5.41) is 5.54. The van der Waals surface area contributed by atoms with Crippen molar-refractivity contribution in [2.45, 2.75) is 32.1 Å². The summed E-state index contributed by atoms with van der Waals surface area (Å²) < 4.78 is 32.6. The predicted molar refractivity (Wildman–Crippen MR) is 110 cm³/mol. The Morgan fingerprint density at radius 2 is 2.10 bits per heavy atom. The first-order valence-electron chi connectivity index (χ1n) is 9.46. The van der Waals surface area contributed by atoms with E-state index >= 15 is 0 Å². The van der Waals surface area contributed by atoms with Gasteiger partial charge in [-0.15, -0.1) is 0 Å². The molecule has 10 heteroatoms. The molecule has 0 radical (unpaired) electrons. The molecule has 4 rings (SSSR count). The number of aromatic nitrogens is 2. The summed E-state index contributed by atoms with van der Waals surface area (Å²) in [5.41, 5.74) is 1.02. The molecule has 7 nitrogen and oxygen atoms in total. The smallest absolute Gasteiger partial charge is 0.287 e. The Morgan fingerprint density at radius 1 is 1.30 bits per heavy atom. The molecule has 2 aromatic heterocycles. The van der Waals surface area contributed by atoms with Crippen molar-refractivity contribution in [1.82, 2.24) is 10.1 Å². The summed E-state index contributed by atoms with van der Waals surface area (Å²) >= 11 is 6.19. The lowest BCUT2D eigenvalue weighted by atomic mass is 10.1. The molecule has 0 saturated carbocycles. The van der Waals surface area contributed by atoms with Crippen LogP contribution in [0, 0.1) is 6.92 Å². The Kier molecular flexibility index (Phi) is 5.23. The number of carbonyl (C=O) groups is 1. The maximum atomic E-state index is 13.8. The van der Waals surface area contributed by atoms with Gasteiger partial charge >= 0.3 is 0 Å². The fraction of sp³-hybridized carbons (Fsp3) is 0.350. The maximum absolute atomic E-state index is 13.8. The topological polar surface area (TPSA) is 91.2 Å². The van der Waals surface area contributed by atoms with Gasteiger partial charge in [0.2, 0.25) is 5.92 Å². The van der Waals surface area contributed by atoms with Crippen molar-refractivity contribution in [3.63, 3.8) is 0 Å². The van der Waals surface area contributed by atoms with Crippen LogP contribution in [0.2, 0.25) is 5.02 Å². The number of nitrogens with zero attached hydrogens (tertiary/aromatic N) is 2. The second-order valence-corrected chi connectivity index (χ2v) is 7.73. The first-order valence-corrected chi connectivity index (χ1v) is 9.84. The molecule has 0 aliphatic carbocycles. The van der Waals surface area contributed by atoms with Crippen LogP contribution in [0.3, 0.4) is 0 Å². The number of carbonyl (C=O) groups excluding carboxylic acids is 1. The van der Waals surface area contributed by atoms with Crippen molar-refractivity contribution >= 4 is 40.0 Å². The van der Waals surface area contributed by atoms with Crippen molar-refractivity contribution in [3.8, 4) is 0 Å². The third-order valence-corrected chi connectivity index (χ3v) is 5.51. The van der Waals surface area contributed by atoms with Crippen LogP contribution in [0.5, 0.6) is 0 Å². The molecule has 1 aromatic carbocycles. The Balaban J connectivity index is 1.66. The van der Waals surface area contributed by atoms with Crippen LogP contribution in [0.4, 0.5) is 20.3 Å². The second-order valence-electron chi connectivity index (χ2n) is 7.32. The molecule has 0 spiro atoms. The third-order valence-electron chi connectivity index (χ3n) is 5.13. The fourth-order valence-corrected chi connectivity index (χ4v) is 3.63. The SMILES string of the molecule is Cc1nc(N2CCCC(F)(F)CC2)c(C(=O)Nc2ccc3o[nH]c(=O)c3c2)cc1Cl. The van der Waals surface area contributed by atoms with Gasteiger partial charge in [0.25, 0.3) is 11.5 Å². The van der Waals surface area contributed by atoms with E-state index in [4.69, 9.17) is 16.1 Å². The van der Waals surface area contributed by atoms with Gasteiger partial charge in [-0.2, -0.15) is 5.16 Å².